The molecule has 4 N–H and O–H groups in total. The largest absolute Gasteiger partial charge is 0.396 e. The molecular weight excluding hydrogens is 228 g/mol. The van der Waals surface area contributed by atoms with Crippen LogP contribution in [-0.4, -0.2) is 30.2 Å². The zero-order valence-corrected chi connectivity index (χ0v) is 12.5. The second-order valence-corrected chi connectivity index (χ2v) is 6.94. The van der Waals surface area contributed by atoms with Gasteiger partial charge in [-0.05, 0) is 23.7 Å². The van der Waals surface area contributed by atoms with E-state index in [2.05, 4.69) is 19.2 Å². The Morgan fingerprint density at radius 3 is 2.28 bits per heavy atom. The number of carbonyl (C=O) groups is 1. The second-order valence-electron chi connectivity index (χ2n) is 6.94. The topological polar surface area (TPSA) is 75.3 Å². The summed E-state index contributed by atoms with van der Waals surface area (Å²) < 4.78 is 0. The lowest BCUT2D eigenvalue weighted by molar-refractivity contribution is -0.122. The molecule has 0 fully saturated rings. The summed E-state index contributed by atoms with van der Waals surface area (Å²) in [4.78, 5) is 11.8. The van der Waals surface area contributed by atoms with Crippen molar-refractivity contribution in [3.05, 3.63) is 0 Å². The molecule has 0 aliphatic carbocycles. The third-order valence-electron chi connectivity index (χ3n) is 3.29. The molecule has 108 valence electrons. The lowest BCUT2D eigenvalue weighted by atomic mass is 9.85. The van der Waals surface area contributed by atoms with Crippen LogP contribution in [0.25, 0.3) is 0 Å². The number of aliphatic hydroxyl groups excluding tert-OH is 1. The zero-order chi connectivity index (χ0) is 14.4. The van der Waals surface area contributed by atoms with E-state index in [0.717, 1.165) is 12.8 Å². The molecule has 0 radical (unpaired) electrons. The monoisotopic (exact) mass is 258 g/mol. The van der Waals surface area contributed by atoms with E-state index in [0.29, 0.717) is 13.0 Å². The fourth-order valence-electron chi connectivity index (χ4n) is 1.56. The summed E-state index contributed by atoms with van der Waals surface area (Å²) >= 11 is 0. The summed E-state index contributed by atoms with van der Waals surface area (Å²) in [6.45, 7) is 11.1. The summed E-state index contributed by atoms with van der Waals surface area (Å²) in [5.74, 6) is 0.00879. The second kappa shape index (κ2) is 7.10. The Bertz CT molecular complexity index is 257. The third-order valence-corrected chi connectivity index (χ3v) is 3.29. The predicted octanol–water partition coefficient (Wildman–Crippen LogP) is 1.66. The van der Waals surface area contributed by atoms with Crippen molar-refractivity contribution >= 4 is 5.91 Å². The Morgan fingerprint density at radius 2 is 1.83 bits per heavy atom. The maximum atomic E-state index is 11.8. The molecule has 1 amide bonds. The van der Waals surface area contributed by atoms with Gasteiger partial charge in [-0.15, -0.1) is 0 Å². The van der Waals surface area contributed by atoms with Crippen LogP contribution in [0.1, 0.15) is 53.9 Å². The molecular formula is C14H30N2O2. The third kappa shape index (κ3) is 7.67. The van der Waals surface area contributed by atoms with Gasteiger partial charge < -0.3 is 16.2 Å². The Balaban J connectivity index is 4.03. The molecule has 0 saturated heterocycles. The predicted molar refractivity (Wildman–Crippen MR) is 75.2 cm³/mol. The van der Waals surface area contributed by atoms with Gasteiger partial charge in [-0.3, -0.25) is 4.79 Å². The first-order chi connectivity index (χ1) is 8.08. The van der Waals surface area contributed by atoms with Gasteiger partial charge in [-0.2, -0.15) is 0 Å². The van der Waals surface area contributed by atoms with Gasteiger partial charge in [0.05, 0.1) is 0 Å². The standard InChI is InChI=1S/C14H30N2O2/c1-13(2,3)11(15)9-12(18)16-10-14(4,5)7-6-8-17/h11,17H,6-10,15H2,1-5H3,(H,16,18). The quantitative estimate of drug-likeness (QED) is 0.650. The van der Waals surface area contributed by atoms with Gasteiger partial charge in [-0.1, -0.05) is 34.6 Å². The smallest absolute Gasteiger partial charge is 0.221 e. The minimum atomic E-state index is -0.127. The minimum absolute atomic E-state index is 0.00879. The van der Waals surface area contributed by atoms with Crippen LogP contribution < -0.4 is 11.1 Å². The summed E-state index contributed by atoms with van der Waals surface area (Å²) in [5, 5.41) is 11.7. The number of carbonyl (C=O) groups excluding carboxylic acids is 1. The van der Waals surface area contributed by atoms with Crippen molar-refractivity contribution in [2.75, 3.05) is 13.2 Å². The van der Waals surface area contributed by atoms with Gasteiger partial charge >= 0.3 is 0 Å². The Kier molecular flexibility index (Phi) is 6.86. The van der Waals surface area contributed by atoms with Gasteiger partial charge in [0, 0.05) is 25.6 Å². The number of amides is 1. The number of aliphatic hydroxyl groups is 1. The summed E-state index contributed by atoms with van der Waals surface area (Å²) in [5.41, 5.74) is 5.94. The molecule has 0 aromatic rings. The van der Waals surface area contributed by atoms with Crippen molar-refractivity contribution in [3.63, 3.8) is 0 Å². The highest BCUT2D eigenvalue weighted by molar-refractivity contribution is 5.76. The average Bonchev–Trinajstić information content (AvgIpc) is 2.22. The minimum Gasteiger partial charge on any atom is -0.396 e. The Morgan fingerprint density at radius 1 is 1.28 bits per heavy atom. The van der Waals surface area contributed by atoms with Crippen molar-refractivity contribution in [1.82, 2.24) is 5.32 Å². The van der Waals surface area contributed by atoms with E-state index in [4.69, 9.17) is 10.8 Å². The molecule has 0 heterocycles. The lowest BCUT2D eigenvalue weighted by Gasteiger charge is -2.28. The highest BCUT2D eigenvalue weighted by atomic mass is 16.2. The number of nitrogens with two attached hydrogens (primary N) is 1. The number of hydrogen-bond acceptors (Lipinski definition) is 3. The maximum absolute atomic E-state index is 11.8. The number of hydrogen-bond donors (Lipinski definition) is 3. The highest BCUT2D eigenvalue weighted by Crippen LogP contribution is 2.22. The Hall–Kier alpha value is -0.610. The maximum Gasteiger partial charge on any atom is 0.221 e. The first-order valence-corrected chi connectivity index (χ1v) is 6.71. The summed E-state index contributed by atoms with van der Waals surface area (Å²) in [6.07, 6.45) is 2.03. The molecule has 0 rings (SSSR count). The van der Waals surface area contributed by atoms with Crippen molar-refractivity contribution in [2.24, 2.45) is 16.6 Å². The van der Waals surface area contributed by atoms with Gasteiger partial charge in [0.25, 0.3) is 0 Å². The SMILES string of the molecule is CC(C)(CCCO)CNC(=O)CC(N)C(C)(C)C. The van der Waals surface area contributed by atoms with Crippen LogP contribution in [-0.2, 0) is 4.79 Å². The molecule has 0 spiro atoms. The van der Waals surface area contributed by atoms with Crippen molar-refractivity contribution in [3.8, 4) is 0 Å². The normalized spacial score (nSPS) is 14.4. The van der Waals surface area contributed by atoms with Crippen LogP contribution in [0.15, 0.2) is 0 Å². The van der Waals surface area contributed by atoms with Crippen LogP contribution in [0.4, 0.5) is 0 Å². The fraction of sp³-hybridized carbons (Fsp3) is 0.929. The van der Waals surface area contributed by atoms with Crippen molar-refractivity contribution < 1.29 is 9.90 Å². The molecule has 4 heteroatoms. The van der Waals surface area contributed by atoms with E-state index < -0.39 is 0 Å². The van der Waals surface area contributed by atoms with Crippen LogP contribution in [0, 0.1) is 10.8 Å². The van der Waals surface area contributed by atoms with E-state index in [-0.39, 0.29) is 29.4 Å². The zero-order valence-electron chi connectivity index (χ0n) is 12.5. The molecule has 1 atom stereocenters. The molecule has 18 heavy (non-hydrogen) atoms. The van der Waals surface area contributed by atoms with Gasteiger partial charge in [0.15, 0.2) is 0 Å². The first-order valence-electron chi connectivity index (χ1n) is 6.71. The van der Waals surface area contributed by atoms with E-state index in [9.17, 15) is 4.79 Å². The highest BCUT2D eigenvalue weighted by Gasteiger charge is 2.24. The number of nitrogens with one attached hydrogen (secondary N) is 1. The van der Waals surface area contributed by atoms with Crippen LogP contribution in [0.2, 0.25) is 0 Å². The van der Waals surface area contributed by atoms with E-state index in [1.165, 1.54) is 0 Å². The van der Waals surface area contributed by atoms with Gasteiger partial charge in [0.1, 0.15) is 0 Å². The van der Waals surface area contributed by atoms with Crippen LogP contribution in [0.3, 0.4) is 0 Å². The van der Waals surface area contributed by atoms with E-state index in [1.54, 1.807) is 0 Å². The molecule has 0 aliphatic rings. The Labute approximate surface area is 111 Å². The molecule has 0 aromatic carbocycles. The summed E-state index contributed by atoms with van der Waals surface area (Å²) in [7, 11) is 0. The van der Waals surface area contributed by atoms with Crippen molar-refractivity contribution in [2.45, 2.75) is 59.9 Å². The van der Waals surface area contributed by atoms with Crippen LogP contribution >= 0.6 is 0 Å². The fourth-order valence-corrected chi connectivity index (χ4v) is 1.56. The molecule has 0 saturated carbocycles. The molecule has 4 nitrogen and oxygen atoms in total. The average molecular weight is 258 g/mol. The lowest BCUT2D eigenvalue weighted by Crippen LogP contribution is -2.42. The first kappa shape index (κ1) is 17.4. The van der Waals surface area contributed by atoms with Crippen LogP contribution in [0.5, 0.6) is 0 Å². The van der Waals surface area contributed by atoms with E-state index in [1.807, 2.05) is 20.8 Å². The molecule has 0 aromatic heterocycles. The number of rotatable bonds is 7. The molecule has 0 bridgehead atoms. The van der Waals surface area contributed by atoms with Crippen molar-refractivity contribution in [1.29, 1.82) is 0 Å². The van der Waals surface area contributed by atoms with Gasteiger partial charge in [-0.25, -0.2) is 0 Å². The molecule has 1 unspecified atom stereocenters. The van der Waals surface area contributed by atoms with Gasteiger partial charge in [0.2, 0.25) is 5.91 Å². The summed E-state index contributed by atoms with van der Waals surface area (Å²) in [6, 6.07) is -0.127. The van der Waals surface area contributed by atoms with E-state index >= 15 is 0 Å². The molecule has 0 aliphatic heterocycles.